The first-order valence-electron chi connectivity index (χ1n) is 6.65. The van der Waals surface area contributed by atoms with Gasteiger partial charge in [-0.2, -0.15) is 0 Å². The SMILES string of the molecule is CC1(C)CCCC1C(=O)Nc1c(F)cccc1C(=O)O. The lowest BCUT2D eigenvalue weighted by molar-refractivity contribution is -0.122. The molecule has 0 bridgehead atoms. The van der Waals surface area contributed by atoms with Gasteiger partial charge in [0.15, 0.2) is 0 Å². The molecule has 2 rings (SSSR count). The molecule has 4 nitrogen and oxygen atoms in total. The average Bonchev–Trinajstić information content (AvgIpc) is 2.71. The van der Waals surface area contributed by atoms with Gasteiger partial charge in [-0.15, -0.1) is 0 Å². The van der Waals surface area contributed by atoms with Crippen LogP contribution in [0.3, 0.4) is 0 Å². The van der Waals surface area contributed by atoms with E-state index in [4.69, 9.17) is 5.11 Å². The first-order chi connectivity index (χ1) is 9.33. The molecule has 1 aromatic rings. The number of amides is 1. The van der Waals surface area contributed by atoms with E-state index in [0.29, 0.717) is 0 Å². The van der Waals surface area contributed by atoms with Gasteiger partial charge in [-0.3, -0.25) is 4.79 Å². The second kappa shape index (κ2) is 5.23. The molecule has 108 valence electrons. The van der Waals surface area contributed by atoms with Crippen molar-refractivity contribution in [3.05, 3.63) is 29.6 Å². The van der Waals surface area contributed by atoms with Crippen LogP contribution in [0, 0.1) is 17.2 Å². The zero-order valence-electron chi connectivity index (χ0n) is 11.6. The number of hydrogen-bond acceptors (Lipinski definition) is 2. The fraction of sp³-hybridized carbons (Fsp3) is 0.467. The largest absolute Gasteiger partial charge is 0.478 e. The van der Waals surface area contributed by atoms with Crippen LogP contribution in [-0.4, -0.2) is 17.0 Å². The van der Waals surface area contributed by atoms with Gasteiger partial charge in [0.05, 0.1) is 11.3 Å². The summed E-state index contributed by atoms with van der Waals surface area (Å²) in [6.07, 6.45) is 2.64. The molecule has 0 radical (unpaired) electrons. The lowest BCUT2D eigenvalue weighted by atomic mass is 9.81. The lowest BCUT2D eigenvalue weighted by Crippen LogP contribution is -2.31. The quantitative estimate of drug-likeness (QED) is 0.892. The maximum Gasteiger partial charge on any atom is 0.337 e. The highest BCUT2D eigenvalue weighted by molar-refractivity contribution is 6.01. The van der Waals surface area contributed by atoms with E-state index < -0.39 is 11.8 Å². The standard InChI is InChI=1S/C15H18FNO3/c1-15(2)8-4-6-10(15)13(18)17-12-9(14(19)20)5-3-7-11(12)16/h3,5,7,10H,4,6,8H2,1-2H3,(H,17,18)(H,19,20). The number of carboxylic acid groups (broad SMARTS) is 1. The molecular weight excluding hydrogens is 261 g/mol. The monoisotopic (exact) mass is 279 g/mol. The summed E-state index contributed by atoms with van der Waals surface area (Å²) in [6, 6.07) is 3.73. The molecule has 1 aliphatic carbocycles. The number of aromatic carboxylic acids is 1. The van der Waals surface area contributed by atoms with E-state index >= 15 is 0 Å². The van der Waals surface area contributed by atoms with Crippen LogP contribution in [0.2, 0.25) is 0 Å². The van der Waals surface area contributed by atoms with Crippen molar-refractivity contribution in [3.63, 3.8) is 0 Å². The van der Waals surface area contributed by atoms with Crippen molar-refractivity contribution < 1.29 is 19.1 Å². The molecular formula is C15H18FNO3. The summed E-state index contributed by atoms with van der Waals surface area (Å²) in [4.78, 5) is 23.4. The molecule has 1 aliphatic rings. The minimum absolute atomic E-state index is 0.140. The Bertz CT molecular complexity index is 554. The third-order valence-corrected chi connectivity index (χ3v) is 4.07. The van der Waals surface area contributed by atoms with Crippen LogP contribution in [0.1, 0.15) is 43.5 Å². The molecule has 5 heteroatoms. The Morgan fingerprint density at radius 3 is 2.65 bits per heavy atom. The van der Waals surface area contributed by atoms with Crippen molar-refractivity contribution in [3.8, 4) is 0 Å². The van der Waals surface area contributed by atoms with Gasteiger partial charge in [0.1, 0.15) is 5.82 Å². The maximum absolute atomic E-state index is 13.8. The van der Waals surface area contributed by atoms with Gasteiger partial charge in [0, 0.05) is 5.92 Å². The van der Waals surface area contributed by atoms with Gasteiger partial charge < -0.3 is 10.4 Å². The van der Waals surface area contributed by atoms with Gasteiger partial charge in [-0.1, -0.05) is 26.3 Å². The maximum atomic E-state index is 13.8. The molecule has 1 amide bonds. The van der Waals surface area contributed by atoms with Crippen molar-refractivity contribution in [1.29, 1.82) is 0 Å². The van der Waals surface area contributed by atoms with E-state index in [2.05, 4.69) is 5.32 Å². The number of nitrogens with one attached hydrogen (secondary N) is 1. The van der Waals surface area contributed by atoms with E-state index in [1.807, 2.05) is 13.8 Å². The van der Waals surface area contributed by atoms with E-state index in [9.17, 15) is 14.0 Å². The summed E-state index contributed by atoms with van der Waals surface area (Å²) in [7, 11) is 0. The number of benzene rings is 1. The highest BCUT2D eigenvalue weighted by Crippen LogP contribution is 2.43. The van der Waals surface area contributed by atoms with E-state index in [1.165, 1.54) is 12.1 Å². The fourth-order valence-corrected chi connectivity index (χ4v) is 2.85. The zero-order valence-corrected chi connectivity index (χ0v) is 11.6. The van der Waals surface area contributed by atoms with Crippen LogP contribution >= 0.6 is 0 Å². The van der Waals surface area contributed by atoms with Crippen LogP contribution in [0.5, 0.6) is 0 Å². The average molecular weight is 279 g/mol. The molecule has 2 N–H and O–H groups in total. The number of para-hydroxylation sites is 1. The Hall–Kier alpha value is -1.91. The highest BCUT2D eigenvalue weighted by Gasteiger charge is 2.39. The van der Waals surface area contributed by atoms with Gasteiger partial charge in [-0.05, 0) is 30.4 Å². The Morgan fingerprint density at radius 2 is 2.10 bits per heavy atom. The third-order valence-electron chi connectivity index (χ3n) is 4.07. The number of hydrogen-bond donors (Lipinski definition) is 2. The van der Waals surface area contributed by atoms with E-state index in [0.717, 1.165) is 25.3 Å². The topological polar surface area (TPSA) is 66.4 Å². The zero-order chi connectivity index (χ0) is 14.9. The molecule has 0 aromatic heterocycles. The molecule has 1 unspecified atom stereocenters. The molecule has 1 aromatic carbocycles. The number of carboxylic acids is 1. The van der Waals surface area contributed by atoms with Crippen molar-refractivity contribution in [1.82, 2.24) is 0 Å². The summed E-state index contributed by atoms with van der Waals surface area (Å²) in [5.74, 6) is -2.51. The molecule has 0 aliphatic heterocycles. The number of halogens is 1. The molecule has 0 saturated heterocycles. The van der Waals surface area contributed by atoms with Crippen LogP contribution in [0.25, 0.3) is 0 Å². The fourth-order valence-electron chi connectivity index (χ4n) is 2.85. The van der Waals surface area contributed by atoms with Crippen LogP contribution in [0.15, 0.2) is 18.2 Å². The number of anilines is 1. The van der Waals surface area contributed by atoms with Crippen molar-refractivity contribution >= 4 is 17.6 Å². The molecule has 0 heterocycles. The lowest BCUT2D eigenvalue weighted by Gasteiger charge is -2.26. The van der Waals surface area contributed by atoms with Gasteiger partial charge >= 0.3 is 5.97 Å². The van der Waals surface area contributed by atoms with Crippen LogP contribution in [-0.2, 0) is 4.79 Å². The van der Waals surface area contributed by atoms with Crippen molar-refractivity contribution in [2.45, 2.75) is 33.1 Å². The van der Waals surface area contributed by atoms with Gasteiger partial charge in [-0.25, -0.2) is 9.18 Å². The second-order valence-electron chi connectivity index (χ2n) is 5.89. The molecule has 20 heavy (non-hydrogen) atoms. The van der Waals surface area contributed by atoms with Crippen LogP contribution in [0.4, 0.5) is 10.1 Å². The normalized spacial score (nSPS) is 20.6. The van der Waals surface area contributed by atoms with Gasteiger partial charge in [0.2, 0.25) is 5.91 Å². The summed E-state index contributed by atoms with van der Waals surface area (Å²) in [5, 5.41) is 11.5. The summed E-state index contributed by atoms with van der Waals surface area (Å²) in [5.41, 5.74) is -0.611. The molecule has 1 saturated carbocycles. The minimum Gasteiger partial charge on any atom is -0.478 e. The predicted molar refractivity (Wildman–Crippen MR) is 73.1 cm³/mol. The Morgan fingerprint density at radius 1 is 1.40 bits per heavy atom. The Labute approximate surface area is 117 Å². The highest BCUT2D eigenvalue weighted by atomic mass is 19.1. The molecule has 1 atom stereocenters. The first-order valence-corrected chi connectivity index (χ1v) is 6.65. The number of rotatable bonds is 3. The van der Waals surface area contributed by atoms with Crippen molar-refractivity contribution in [2.24, 2.45) is 11.3 Å². The minimum atomic E-state index is -1.26. The van der Waals surface area contributed by atoms with E-state index in [-0.39, 0.29) is 28.5 Å². The number of carbonyl (C=O) groups is 2. The predicted octanol–water partition coefficient (Wildman–Crippen LogP) is 3.29. The summed E-state index contributed by atoms with van der Waals surface area (Å²) in [6.45, 7) is 4.01. The molecule has 1 fully saturated rings. The van der Waals surface area contributed by atoms with Gasteiger partial charge in [0.25, 0.3) is 0 Å². The van der Waals surface area contributed by atoms with E-state index in [1.54, 1.807) is 0 Å². The molecule has 0 spiro atoms. The third kappa shape index (κ3) is 2.66. The smallest absolute Gasteiger partial charge is 0.337 e. The van der Waals surface area contributed by atoms with Crippen molar-refractivity contribution in [2.75, 3.05) is 5.32 Å². The Balaban J connectivity index is 2.26. The Kier molecular flexibility index (Phi) is 3.79. The second-order valence-corrected chi connectivity index (χ2v) is 5.89. The first kappa shape index (κ1) is 14.5. The summed E-state index contributed by atoms with van der Waals surface area (Å²) >= 11 is 0. The number of carbonyl (C=O) groups excluding carboxylic acids is 1. The van der Waals surface area contributed by atoms with Crippen LogP contribution < -0.4 is 5.32 Å². The summed E-state index contributed by atoms with van der Waals surface area (Å²) < 4.78 is 13.8.